The first-order valence-electron chi connectivity index (χ1n) is 9.46. The second kappa shape index (κ2) is 8.21. The molecule has 2 heterocycles. The van der Waals surface area contributed by atoms with Crippen molar-refractivity contribution in [3.8, 4) is 17.2 Å². The first-order valence-corrected chi connectivity index (χ1v) is 9.46. The fraction of sp³-hybridized carbons (Fsp3) is 0.381. The monoisotopic (exact) mass is 418 g/mol. The van der Waals surface area contributed by atoms with Gasteiger partial charge in [0.05, 0.1) is 18.1 Å². The Bertz CT molecular complexity index is 911. The van der Waals surface area contributed by atoms with Gasteiger partial charge in [0.2, 0.25) is 6.29 Å². The molecule has 30 heavy (non-hydrogen) atoms. The van der Waals surface area contributed by atoms with Crippen LogP contribution in [-0.2, 0) is 4.74 Å². The number of aliphatic hydroxyl groups excluding tert-OH is 4. The van der Waals surface area contributed by atoms with Crippen LogP contribution in [0.1, 0.15) is 21.8 Å². The predicted molar refractivity (Wildman–Crippen MR) is 102 cm³/mol. The van der Waals surface area contributed by atoms with E-state index in [1.807, 2.05) is 0 Å². The fourth-order valence-electron chi connectivity index (χ4n) is 3.59. The van der Waals surface area contributed by atoms with Crippen LogP contribution >= 0.6 is 0 Å². The minimum atomic E-state index is -1.55. The first kappa shape index (κ1) is 20.6. The first-order chi connectivity index (χ1) is 14.4. The Balaban J connectivity index is 1.51. The summed E-state index contributed by atoms with van der Waals surface area (Å²) >= 11 is 0. The Morgan fingerprint density at radius 1 is 1.00 bits per heavy atom. The molecule has 160 valence electrons. The molecule has 6 atom stereocenters. The number of aliphatic hydroxyl groups is 4. The van der Waals surface area contributed by atoms with Crippen molar-refractivity contribution in [1.29, 1.82) is 0 Å². The molecule has 2 aliphatic rings. The molecule has 5 N–H and O–H groups in total. The van der Waals surface area contributed by atoms with E-state index in [1.54, 1.807) is 12.1 Å². The van der Waals surface area contributed by atoms with E-state index < -0.39 is 43.2 Å². The Hall–Kier alpha value is -2.69. The number of Topliss-reactive ketones (excluding diaryl/α,β-unsaturated/α-hetero) is 1. The van der Waals surface area contributed by atoms with E-state index in [2.05, 4.69) is 0 Å². The van der Waals surface area contributed by atoms with Gasteiger partial charge in [-0.15, -0.1) is 0 Å². The van der Waals surface area contributed by atoms with Gasteiger partial charge in [0.15, 0.2) is 5.78 Å². The standard InChI is InChI=1S/C21H22O9/c22-8-16-18(25)19(26)20(27)21(30-16)29-12-5-6-13-15(7-12)28-9-14(17(13)24)10-1-3-11(23)4-2-10/h1-7,14,16,18-23,25-27H,8-9H2/t14-,16+,18+,19-,20+,21+/m0/s1. The molecule has 0 aromatic heterocycles. The van der Waals surface area contributed by atoms with Crippen molar-refractivity contribution in [2.24, 2.45) is 0 Å². The average molecular weight is 418 g/mol. The Kier molecular flexibility index (Phi) is 5.63. The highest BCUT2D eigenvalue weighted by molar-refractivity contribution is 6.04. The molecule has 2 aromatic carbocycles. The molecule has 2 aromatic rings. The summed E-state index contributed by atoms with van der Waals surface area (Å²) in [5.41, 5.74) is 1.09. The molecule has 0 amide bonds. The van der Waals surface area contributed by atoms with Gasteiger partial charge in [-0.3, -0.25) is 4.79 Å². The van der Waals surface area contributed by atoms with E-state index >= 15 is 0 Å². The van der Waals surface area contributed by atoms with Gasteiger partial charge in [0, 0.05) is 6.07 Å². The van der Waals surface area contributed by atoms with Gasteiger partial charge in [-0.05, 0) is 29.8 Å². The van der Waals surface area contributed by atoms with Crippen molar-refractivity contribution in [1.82, 2.24) is 0 Å². The second-order valence-corrected chi connectivity index (χ2v) is 7.29. The third-order valence-corrected chi connectivity index (χ3v) is 5.34. The topological polar surface area (TPSA) is 146 Å². The minimum Gasteiger partial charge on any atom is -0.508 e. The summed E-state index contributed by atoms with van der Waals surface area (Å²) in [6, 6.07) is 10.9. The maximum absolute atomic E-state index is 12.9. The number of phenols is 1. The summed E-state index contributed by atoms with van der Waals surface area (Å²) in [7, 11) is 0. The third kappa shape index (κ3) is 3.73. The number of phenolic OH excluding ortho intramolecular Hbond substituents is 1. The molecule has 9 nitrogen and oxygen atoms in total. The van der Waals surface area contributed by atoms with E-state index in [1.165, 1.54) is 30.3 Å². The highest BCUT2D eigenvalue weighted by atomic mass is 16.7. The lowest BCUT2D eigenvalue weighted by Gasteiger charge is -2.39. The number of ketones is 1. The number of aromatic hydroxyl groups is 1. The van der Waals surface area contributed by atoms with E-state index in [0.717, 1.165) is 5.56 Å². The van der Waals surface area contributed by atoms with Gasteiger partial charge in [-0.25, -0.2) is 0 Å². The molecule has 0 aliphatic carbocycles. The predicted octanol–water partition coefficient (Wildman–Crippen LogP) is -0.0702. The molecule has 0 spiro atoms. The lowest BCUT2D eigenvalue weighted by molar-refractivity contribution is -0.277. The maximum atomic E-state index is 12.9. The molecular weight excluding hydrogens is 396 g/mol. The van der Waals surface area contributed by atoms with Crippen LogP contribution in [0.15, 0.2) is 42.5 Å². The molecule has 4 rings (SSSR count). The molecular formula is C21H22O9. The van der Waals surface area contributed by atoms with E-state index in [-0.39, 0.29) is 23.9 Å². The van der Waals surface area contributed by atoms with Crippen LogP contribution in [0.2, 0.25) is 0 Å². The minimum absolute atomic E-state index is 0.110. The van der Waals surface area contributed by atoms with Gasteiger partial charge in [0.25, 0.3) is 0 Å². The maximum Gasteiger partial charge on any atom is 0.229 e. The number of rotatable bonds is 4. The number of hydrogen-bond acceptors (Lipinski definition) is 9. The lowest BCUT2D eigenvalue weighted by atomic mass is 9.89. The van der Waals surface area contributed by atoms with Crippen LogP contribution in [0, 0.1) is 0 Å². The largest absolute Gasteiger partial charge is 0.508 e. The molecule has 9 heteroatoms. The Morgan fingerprint density at radius 2 is 1.73 bits per heavy atom. The molecule has 0 bridgehead atoms. The zero-order valence-electron chi connectivity index (χ0n) is 15.8. The van der Waals surface area contributed by atoms with E-state index in [4.69, 9.17) is 14.2 Å². The second-order valence-electron chi connectivity index (χ2n) is 7.29. The number of carbonyl (C=O) groups excluding carboxylic acids is 1. The van der Waals surface area contributed by atoms with Crippen molar-refractivity contribution >= 4 is 5.78 Å². The molecule has 0 saturated carbocycles. The Labute approximate surface area is 171 Å². The van der Waals surface area contributed by atoms with E-state index in [0.29, 0.717) is 11.3 Å². The van der Waals surface area contributed by atoms with Crippen LogP contribution in [-0.4, -0.2) is 75.2 Å². The summed E-state index contributed by atoms with van der Waals surface area (Å²) in [5.74, 6) is -0.0129. The average Bonchev–Trinajstić information content (AvgIpc) is 2.75. The van der Waals surface area contributed by atoms with Crippen LogP contribution in [0.4, 0.5) is 0 Å². The zero-order valence-corrected chi connectivity index (χ0v) is 15.8. The summed E-state index contributed by atoms with van der Waals surface area (Å²) in [5, 5.41) is 48.5. The third-order valence-electron chi connectivity index (χ3n) is 5.34. The highest BCUT2D eigenvalue weighted by Gasteiger charge is 2.44. The fourth-order valence-corrected chi connectivity index (χ4v) is 3.59. The number of carbonyl (C=O) groups is 1. The number of hydrogen-bond donors (Lipinski definition) is 5. The van der Waals surface area contributed by atoms with Gasteiger partial charge < -0.3 is 39.7 Å². The molecule has 2 aliphatic heterocycles. The molecule has 0 unspecified atom stereocenters. The highest BCUT2D eigenvalue weighted by Crippen LogP contribution is 2.36. The van der Waals surface area contributed by atoms with Crippen LogP contribution < -0.4 is 9.47 Å². The Morgan fingerprint density at radius 3 is 2.43 bits per heavy atom. The quantitative estimate of drug-likeness (QED) is 0.460. The van der Waals surface area contributed by atoms with Crippen LogP contribution in [0.25, 0.3) is 0 Å². The summed E-state index contributed by atoms with van der Waals surface area (Å²) in [6.45, 7) is -0.453. The molecule has 1 saturated heterocycles. The van der Waals surface area contributed by atoms with Crippen LogP contribution in [0.5, 0.6) is 17.2 Å². The van der Waals surface area contributed by atoms with Gasteiger partial charge >= 0.3 is 0 Å². The van der Waals surface area contributed by atoms with Gasteiger partial charge in [-0.2, -0.15) is 0 Å². The summed E-state index contributed by atoms with van der Waals surface area (Å²) in [4.78, 5) is 12.9. The van der Waals surface area contributed by atoms with Gasteiger partial charge in [-0.1, -0.05) is 12.1 Å². The SMILES string of the molecule is O=C1c2ccc(O[C@@H]3O[C@H](CO)[C@@H](O)[C@H](O)[C@H]3O)cc2OC[C@H]1c1ccc(O)cc1. The van der Waals surface area contributed by atoms with Crippen molar-refractivity contribution in [2.75, 3.05) is 13.2 Å². The number of benzene rings is 2. The summed E-state index contributed by atoms with van der Waals surface area (Å²) < 4.78 is 16.6. The van der Waals surface area contributed by atoms with E-state index in [9.17, 15) is 30.3 Å². The number of ether oxygens (including phenoxy) is 3. The smallest absolute Gasteiger partial charge is 0.229 e. The normalized spacial score (nSPS) is 31.0. The van der Waals surface area contributed by atoms with Crippen molar-refractivity contribution in [2.45, 2.75) is 36.6 Å². The van der Waals surface area contributed by atoms with Crippen molar-refractivity contribution in [3.05, 3.63) is 53.6 Å². The van der Waals surface area contributed by atoms with Crippen molar-refractivity contribution in [3.63, 3.8) is 0 Å². The number of fused-ring (bicyclic) bond motifs is 1. The zero-order chi connectivity index (χ0) is 21.4. The molecule has 0 radical (unpaired) electrons. The molecule has 1 fully saturated rings. The lowest BCUT2D eigenvalue weighted by Crippen LogP contribution is -2.60. The van der Waals surface area contributed by atoms with Crippen molar-refractivity contribution < 1.29 is 44.5 Å². The van der Waals surface area contributed by atoms with Gasteiger partial charge in [0.1, 0.15) is 48.3 Å². The van der Waals surface area contributed by atoms with Crippen LogP contribution in [0.3, 0.4) is 0 Å². The summed E-state index contributed by atoms with van der Waals surface area (Å²) in [6.07, 6.45) is -6.99.